The van der Waals surface area contributed by atoms with Crippen LogP contribution in [0.2, 0.25) is 0 Å². The van der Waals surface area contributed by atoms with E-state index in [0.29, 0.717) is 18.3 Å². The Bertz CT molecular complexity index is 408. The van der Waals surface area contributed by atoms with Crippen molar-refractivity contribution < 1.29 is 9.90 Å². The first-order chi connectivity index (χ1) is 7.94. The van der Waals surface area contributed by atoms with Gasteiger partial charge in [0.15, 0.2) is 0 Å². The highest BCUT2D eigenvalue weighted by Gasteiger charge is 2.47. The van der Waals surface area contributed by atoms with Crippen LogP contribution in [0.25, 0.3) is 0 Å². The van der Waals surface area contributed by atoms with Gasteiger partial charge in [0.25, 0.3) is 0 Å². The van der Waals surface area contributed by atoms with Crippen LogP contribution in [0.5, 0.6) is 0 Å². The molecule has 2 nitrogen and oxygen atoms in total. The molecular weight excluding hydrogens is 212 g/mol. The van der Waals surface area contributed by atoms with Gasteiger partial charge in [-0.05, 0) is 29.2 Å². The largest absolute Gasteiger partial charge is 0.550 e. The number of aliphatic carboxylic acids is 1. The molecule has 1 aromatic rings. The topological polar surface area (TPSA) is 40.1 Å². The number of carboxylic acid groups (broad SMARTS) is 1. The third kappa shape index (κ3) is 1.97. The molecule has 0 bridgehead atoms. The van der Waals surface area contributed by atoms with E-state index in [0.717, 1.165) is 0 Å². The zero-order valence-electron chi connectivity index (χ0n) is 10.6. The number of rotatable bonds is 2. The van der Waals surface area contributed by atoms with Gasteiger partial charge in [-0.1, -0.05) is 51.1 Å². The number of carboxylic acids is 1. The molecule has 17 heavy (non-hydrogen) atoms. The van der Waals surface area contributed by atoms with Gasteiger partial charge >= 0.3 is 0 Å². The van der Waals surface area contributed by atoms with Crippen LogP contribution in [0, 0.1) is 17.3 Å². The van der Waals surface area contributed by atoms with Crippen molar-refractivity contribution >= 4 is 5.97 Å². The van der Waals surface area contributed by atoms with Gasteiger partial charge in [-0.25, -0.2) is 0 Å². The highest BCUT2D eigenvalue weighted by Crippen LogP contribution is 2.54. The number of hydrogen-bond donors (Lipinski definition) is 0. The van der Waals surface area contributed by atoms with E-state index in [1.54, 1.807) is 0 Å². The van der Waals surface area contributed by atoms with Crippen molar-refractivity contribution in [2.24, 2.45) is 17.3 Å². The minimum absolute atomic E-state index is 0.195. The first kappa shape index (κ1) is 12.2. The summed E-state index contributed by atoms with van der Waals surface area (Å²) in [7, 11) is 0. The number of benzene rings is 1. The van der Waals surface area contributed by atoms with E-state index >= 15 is 0 Å². The zero-order chi connectivity index (χ0) is 12.6. The molecule has 1 fully saturated rings. The van der Waals surface area contributed by atoms with Crippen LogP contribution in [0.3, 0.4) is 0 Å². The number of carbonyl (C=O) groups is 1. The Labute approximate surface area is 103 Å². The summed E-state index contributed by atoms with van der Waals surface area (Å²) in [5, 5.41) is 11.2. The van der Waals surface area contributed by atoms with E-state index in [-0.39, 0.29) is 11.3 Å². The van der Waals surface area contributed by atoms with E-state index in [1.807, 2.05) is 32.0 Å². The molecule has 0 amide bonds. The summed E-state index contributed by atoms with van der Waals surface area (Å²) in [6.07, 6.45) is 0.695. The summed E-state index contributed by atoms with van der Waals surface area (Å²) in [6, 6.07) is 10.2. The third-order valence-electron chi connectivity index (χ3n) is 4.68. The van der Waals surface area contributed by atoms with Crippen LogP contribution in [0.1, 0.15) is 38.7 Å². The van der Waals surface area contributed by atoms with Crippen molar-refractivity contribution in [2.45, 2.75) is 33.1 Å². The van der Waals surface area contributed by atoms with Crippen LogP contribution in [0.15, 0.2) is 30.3 Å². The monoisotopic (exact) mass is 231 g/mol. The Morgan fingerprint density at radius 3 is 2.35 bits per heavy atom. The van der Waals surface area contributed by atoms with Crippen LogP contribution >= 0.6 is 0 Å². The zero-order valence-corrected chi connectivity index (χ0v) is 10.6. The van der Waals surface area contributed by atoms with E-state index in [2.05, 4.69) is 19.1 Å². The maximum atomic E-state index is 11.2. The maximum absolute atomic E-state index is 11.2. The molecule has 1 aliphatic rings. The smallest absolute Gasteiger partial charge is 0.0450 e. The molecule has 0 aromatic heterocycles. The maximum Gasteiger partial charge on any atom is 0.0450 e. The van der Waals surface area contributed by atoms with E-state index in [4.69, 9.17) is 0 Å². The lowest BCUT2D eigenvalue weighted by atomic mass is 9.74. The molecule has 1 saturated carbocycles. The fraction of sp³-hybridized carbons (Fsp3) is 0.533. The second kappa shape index (κ2) is 4.17. The molecule has 3 atom stereocenters. The Morgan fingerprint density at radius 2 is 1.88 bits per heavy atom. The van der Waals surface area contributed by atoms with Gasteiger partial charge in [-0.3, -0.25) is 0 Å². The highest BCUT2D eigenvalue weighted by molar-refractivity contribution is 5.69. The van der Waals surface area contributed by atoms with Crippen LogP contribution in [0.4, 0.5) is 0 Å². The molecule has 0 heterocycles. The molecule has 0 N–H and O–H groups in total. The lowest BCUT2D eigenvalue weighted by Gasteiger charge is -2.32. The summed E-state index contributed by atoms with van der Waals surface area (Å²) in [5.41, 5.74) is 1.05. The van der Waals surface area contributed by atoms with E-state index in [9.17, 15) is 9.90 Å². The quantitative estimate of drug-likeness (QED) is 0.783. The van der Waals surface area contributed by atoms with Crippen molar-refractivity contribution in [2.75, 3.05) is 0 Å². The molecule has 0 radical (unpaired) electrons. The molecule has 0 unspecified atom stereocenters. The highest BCUT2D eigenvalue weighted by atomic mass is 16.4. The first-order valence-electron chi connectivity index (χ1n) is 6.20. The number of carbonyl (C=O) groups excluding carboxylic acids is 1. The fourth-order valence-corrected chi connectivity index (χ4v) is 3.12. The first-order valence-corrected chi connectivity index (χ1v) is 6.20. The molecule has 0 saturated heterocycles. The Balaban J connectivity index is 2.32. The second-order valence-electron chi connectivity index (χ2n) is 5.73. The summed E-state index contributed by atoms with van der Waals surface area (Å²) < 4.78 is 0. The van der Waals surface area contributed by atoms with Gasteiger partial charge in [0, 0.05) is 11.9 Å². The fourth-order valence-electron chi connectivity index (χ4n) is 3.12. The van der Waals surface area contributed by atoms with Crippen LogP contribution < -0.4 is 5.11 Å². The third-order valence-corrected chi connectivity index (χ3v) is 4.68. The molecule has 2 heteroatoms. The van der Waals surface area contributed by atoms with Gasteiger partial charge in [0.2, 0.25) is 0 Å². The predicted molar refractivity (Wildman–Crippen MR) is 65.2 cm³/mol. The van der Waals surface area contributed by atoms with Crippen molar-refractivity contribution in [3.8, 4) is 0 Å². The average Bonchev–Trinajstić information content (AvgIpc) is 2.52. The van der Waals surface area contributed by atoms with Gasteiger partial charge in [-0.15, -0.1) is 0 Å². The van der Waals surface area contributed by atoms with Gasteiger partial charge in [0.1, 0.15) is 0 Å². The molecule has 2 rings (SSSR count). The van der Waals surface area contributed by atoms with Crippen molar-refractivity contribution in [1.29, 1.82) is 0 Å². The summed E-state index contributed by atoms with van der Waals surface area (Å²) in [5.74, 6) is -0.565. The van der Waals surface area contributed by atoms with Crippen LogP contribution in [-0.2, 0) is 4.79 Å². The molecule has 1 aromatic carbocycles. The minimum atomic E-state index is -0.903. The number of hydrogen-bond acceptors (Lipinski definition) is 2. The lowest BCUT2D eigenvalue weighted by Crippen LogP contribution is -2.38. The molecule has 92 valence electrons. The molecule has 0 aliphatic heterocycles. The predicted octanol–water partition coefficient (Wildman–Crippen LogP) is 2.20. The summed E-state index contributed by atoms with van der Waals surface area (Å²) in [4.78, 5) is 11.2. The molecule has 0 spiro atoms. The van der Waals surface area contributed by atoms with Crippen molar-refractivity contribution in [1.82, 2.24) is 0 Å². The van der Waals surface area contributed by atoms with Gasteiger partial charge < -0.3 is 9.90 Å². The lowest BCUT2D eigenvalue weighted by molar-refractivity contribution is -0.314. The van der Waals surface area contributed by atoms with Crippen molar-refractivity contribution in [3.63, 3.8) is 0 Å². The van der Waals surface area contributed by atoms with E-state index < -0.39 is 5.97 Å². The Morgan fingerprint density at radius 1 is 1.29 bits per heavy atom. The Hall–Kier alpha value is -1.31. The second-order valence-corrected chi connectivity index (χ2v) is 5.73. The molecular formula is C15H19O2-. The average molecular weight is 231 g/mol. The Kier molecular flexibility index (Phi) is 2.98. The van der Waals surface area contributed by atoms with Gasteiger partial charge in [-0.2, -0.15) is 0 Å². The normalized spacial score (nSPS) is 31.4. The van der Waals surface area contributed by atoms with Gasteiger partial charge in [0.05, 0.1) is 0 Å². The summed E-state index contributed by atoms with van der Waals surface area (Å²) in [6.45, 7) is 6.24. The summed E-state index contributed by atoms with van der Waals surface area (Å²) >= 11 is 0. The molecule has 1 aliphatic carbocycles. The van der Waals surface area contributed by atoms with Crippen LogP contribution in [-0.4, -0.2) is 5.97 Å². The van der Waals surface area contributed by atoms with Crippen molar-refractivity contribution in [3.05, 3.63) is 35.9 Å². The standard InChI is InChI=1S/C15H20O2/c1-10-12(11-7-5-4-6-8-11)9-13(14(16)17)15(10,2)3/h4-8,10,12-13H,9H2,1-3H3,(H,16,17)/p-1/t10-,12-,13-/m1/s1. The van der Waals surface area contributed by atoms with E-state index in [1.165, 1.54) is 5.56 Å². The minimum Gasteiger partial charge on any atom is -0.550 e. The SMILES string of the molecule is C[C@@H]1[C@H](c2ccccc2)C[C@H](C(=O)[O-])C1(C)C.